The van der Waals surface area contributed by atoms with Crippen LogP contribution in [0.15, 0.2) is 48.6 Å². The van der Waals surface area contributed by atoms with Crippen LogP contribution in [0.2, 0.25) is 5.02 Å². The van der Waals surface area contributed by atoms with Gasteiger partial charge < -0.3 is 14.7 Å². The zero-order valence-corrected chi connectivity index (χ0v) is 30.4. The van der Waals surface area contributed by atoms with E-state index in [1.807, 2.05) is 37.3 Å². The number of aryl methyl sites for hydroxylation is 1. The maximum atomic E-state index is 13.5. The van der Waals surface area contributed by atoms with E-state index in [1.54, 1.807) is 25.1 Å². The smallest absolute Gasteiger partial charge is 0.264 e. The SMILES string of the molecule is C[C@@H]1[C@@H](C)C/C=C/[C@](O)(C#CCN2CCCCC2)[C@@H]2CC[C@H]2CN2CCCCc3cc(Cl)ccc3COc3ccc(cc32)C(=O)NS1(=O)=O. The van der Waals surface area contributed by atoms with Crippen LogP contribution in [0.4, 0.5) is 5.69 Å². The van der Waals surface area contributed by atoms with Gasteiger partial charge in [-0.2, -0.15) is 0 Å². The van der Waals surface area contributed by atoms with Crippen molar-refractivity contribution in [3.63, 3.8) is 0 Å². The molecule has 5 atom stereocenters. The molecule has 49 heavy (non-hydrogen) atoms. The molecule has 3 aliphatic heterocycles. The number of hydrogen-bond donors (Lipinski definition) is 2. The second kappa shape index (κ2) is 15.5. The van der Waals surface area contributed by atoms with Crippen molar-refractivity contribution in [2.45, 2.75) is 89.1 Å². The number of ether oxygens (including phenoxy) is 1. The van der Waals surface area contributed by atoms with Crippen LogP contribution in [0.3, 0.4) is 0 Å². The number of sulfonamides is 1. The van der Waals surface area contributed by atoms with Gasteiger partial charge in [0.05, 0.1) is 17.5 Å². The van der Waals surface area contributed by atoms with E-state index in [-0.39, 0.29) is 23.3 Å². The minimum absolute atomic E-state index is 0.0811. The van der Waals surface area contributed by atoms with E-state index in [4.69, 9.17) is 16.3 Å². The summed E-state index contributed by atoms with van der Waals surface area (Å²) in [6.07, 6.45) is 12.3. The van der Waals surface area contributed by atoms with Crippen molar-refractivity contribution >= 4 is 33.2 Å². The Bertz CT molecular complexity index is 1710. The third-order valence-electron chi connectivity index (χ3n) is 11.1. The number of fused-ring (bicyclic) bond motifs is 3. The van der Waals surface area contributed by atoms with Crippen LogP contribution >= 0.6 is 11.6 Å². The van der Waals surface area contributed by atoms with Crippen LogP contribution in [0, 0.1) is 29.6 Å². The van der Waals surface area contributed by atoms with Gasteiger partial charge in [0.15, 0.2) is 0 Å². The highest BCUT2D eigenvalue weighted by molar-refractivity contribution is 7.90. The van der Waals surface area contributed by atoms with E-state index >= 15 is 0 Å². The van der Waals surface area contributed by atoms with Crippen LogP contribution in [-0.4, -0.2) is 67.9 Å². The maximum absolute atomic E-state index is 13.5. The van der Waals surface area contributed by atoms with Crippen molar-refractivity contribution in [1.82, 2.24) is 9.62 Å². The molecule has 3 heterocycles. The molecule has 264 valence electrons. The molecule has 2 aromatic carbocycles. The summed E-state index contributed by atoms with van der Waals surface area (Å²) in [7, 11) is -3.98. The van der Waals surface area contributed by atoms with E-state index in [0.29, 0.717) is 43.4 Å². The molecular weight excluding hydrogens is 658 g/mol. The van der Waals surface area contributed by atoms with Gasteiger partial charge in [-0.1, -0.05) is 48.9 Å². The first-order valence-electron chi connectivity index (χ1n) is 18.0. The average molecular weight is 708 g/mol. The molecule has 4 aliphatic rings. The molecule has 2 bridgehead atoms. The fourth-order valence-electron chi connectivity index (χ4n) is 7.64. The van der Waals surface area contributed by atoms with Crippen molar-refractivity contribution in [2.24, 2.45) is 17.8 Å². The second-order valence-electron chi connectivity index (χ2n) is 14.5. The molecular formula is C39H50ClN3O5S. The number of piperidine rings is 1. The van der Waals surface area contributed by atoms with Crippen molar-refractivity contribution in [3.8, 4) is 17.6 Å². The lowest BCUT2D eigenvalue weighted by Crippen LogP contribution is -2.49. The Morgan fingerprint density at radius 2 is 1.82 bits per heavy atom. The molecule has 6 rings (SSSR count). The Morgan fingerprint density at radius 3 is 2.59 bits per heavy atom. The fourth-order valence-corrected chi connectivity index (χ4v) is 9.12. The van der Waals surface area contributed by atoms with Crippen LogP contribution in [0.25, 0.3) is 0 Å². The van der Waals surface area contributed by atoms with Gasteiger partial charge >= 0.3 is 0 Å². The molecule has 2 N–H and O–H groups in total. The first-order chi connectivity index (χ1) is 23.5. The Kier molecular flexibility index (Phi) is 11.3. The minimum Gasteiger partial charge on any atom is -0.487 e. The quantitative estimate of drug-likeness (QED) is 0.263. The third-order valence-corrected chi connectivity index (χ3v) is 13.3. The zero-order chi connectivity index (χ0) is 34.6. The minimum atomic E-state index is -3.98. The molecule has 2 aromatic rings. The highest BCUT2D eigenvalue weighted by Gasteiger charge is 2.45. The standard InChI is InChI=1S/C39H50ClN3O5S/c1-28-10-8-18-39(45,19-9-22-42-20-5-3-6-21-42)35-16-13-32(35)26-43-23-7-4-11-30-24-34(40)15-12-33(30)27-48-37-17-14-31(25-36(37)43)38(44)41-49(46,47)29(28)2/h8,12,14-15,17-18,24-25,28-29,32,35,45H,3-7,10-11,13,16,20-23,26-27H2,1-2H3,(H,41,44)/b18-8+/t28-,29+,32-,35+,39-/m0/s1. The number of aliphatic hydroxyl groups is 1. The van der Waals surface area contributed by atoms with Crippen LogP contribution in [0.5, 0.6) is 5.75 Å². The largest absolute Gasteiger partial charge is 0.487 e. The second-order valence-corrected chi connectivity index (χ2v) is 17.0. The number of carbonyl (C=O) groups excluding carboxylic acids is 1. The molecule has 0 unspecified atom stereocenters. The molecule has 0 aromatic heterocycles. The van der Waals surface area contributed by atoms with Crippen molar-refractivity contribution in [1.29, 1.82) is 0 Å². The molecule has 1 aliphatic carbocycles. The maximum Gasteiger partial charge on any atom is 0.264 e. The molecule has 0 spiro atoms. The summed E-state index contributed by atoms with van der Waals surface area (Å²) >= 11 is 6.36. The number of likely N-dealkylation sites (tertiary alicyclic amines) is 1. The Morgan fingerprint density at radius 1 is 1.02 bits per heavy atom. The highest BCUT2D eigenvalue weighted by Crippen LogP contribution is 2.45. The number of benzene rings is 2. The number of allylic oxidation sites excluding steroid dienone is 1. The summed E-state index contributed by atoms with van der Waals surface area (Å²) in [6.45, 7) is 7.88. The van der Waals surface area contributed by atoms with Gasteiger partial charge in [-0.3, -0.25) is 9.69 Å². The van der Waals surface area contributed by atoms with Crippen molar-refractivity contribution < 1.29 is 23.1 Å². The number of rotatable bonds is 1. The van der Waals surface area contributed by atoms with Gasteiger partial charge in [0, 0.05) is 29.6 Å². The van der Waals surface area contributed by atoms with Crippen molar-refractivity contribution in [2.75, 3.05) is 37.6 Å². The lowest BCUT2D eigenvalue weighted by molar-refractivity contribution is -0.00302. The lowest BCUT2D eigenvalue weighted by Gasteiger charge is -2.46. The normalized spacial score (nSPS) is 30.0. The number of nitrogens with zero attached hydrogens (tertiary/aromatic N) is 2. The van der Waals surface area contributed by atoms with E-state index in [9.17, 15) is 18.3 Å². The summed E-state index contributed by atoms with van der Waals surface area (Å²) in [4.78, 5) is 18.1. The molecule has 1 amide bonds. The van der Waals surface area contributed by atoms with E-state index < -0.39 is 26.8 Å². The summed E-state index contributed by atoms with van der Waals surface area (Å²) < 4.78 is 35.6. The molecule has 1 saturated heterocycles. The van der Waals surface area contributed by atoms with Gasteiger partial charge in [0.25, 0.3) is 5.91 Å². The highest BCUT2D eigenvalue weighted by atomic mass is 35.5. The van der Waals surface area contributed by atoms with E-state index in [2.05, 4.69) is 26.4 Å². The summed E-state index contributed by atoms with van der Waals surface area (Å²) in [6, 6.07) is 11.1. The van der Waals surface area contributed by atoms with Crippen molar-refractivity contribution in [3.05, 3.63) is 70.3 Å². The molecule has 8 nitrogen and oxygen atoms in total. The Hall–Kier alpha value is -3.03. The van der Waals surface area contributed by atoms with Crippen LogP contribution < -0.4 is 14.4 Å². The Balaban J connectivity index is 1.37. The van der Waals surface area contributed by atoms with E-state index in [0.717, 1.165) is 62.0 Å². The Labute approximate surface area is 297 Å². The number of carbonyl (C=O) groups is 1. The summed E-state index contributed by atoms with van der Waals surface area (Å²) in [5.41, 5.74) is 1.90. The zero-order valence-electron chi connectivity index (χ0n) is 28.8. The number of halogens is 1. The van der Waals surface area contributed by atoms with Gasteiger partial charge in [-0.25, -0.2) is 13.1 Å². The first kappa shape index (κ1) is 35.8. The molecule has 2 fully saturated rings. The van der Waals surface area contributed by atoms with Gasteiger partial charge in [-0.15, -0.1) is 0 Å². The summed E-state index contributed by atoms with van der Waals surface area (Å²) in [5.74, 6) is 6.39. The lowest BCUT2D eigenvalue weighted by atomic mass is 9.64. The number of anilines is 1. The molecule has 0 radical (unpaired) electrons. The average Bonchev–Trinajstić information content (AvgIpc) is 3.09. The van der Waals surface area contributed by atoms with Crippen LogP contribution in [0.1, 0.15) is 86.7 Å². The van der Waals surface area contributed by atoms with Gasteiger partial charge in [-0.05, 0) is 131 Å². The fraction of sp³-hybridized carbons (Fsp3) is 0.564. The third kappa shape index (κ3) is 8.48. The summed E-state index contributed by atoms with van der Waals surface area (Å²) in [5, 5.41) is 12.2. The predicted molar refractivity (Wildman–Crippen MR) is 195 cm³/mol. The number of nitrogens with one attached hydrogen (secondary N) is 1. The van der Waals surface area contributed by atoms with Gasteiger partial charge in [0.1, 0.15) is 18.0 Å². The topological polar surface area (TPSA) is 99.2 Å². The predicted octanol–water partition coefficient (Wildman–Crippen LogP) is 6.35. The van der Waals surface area contributed by atoms with E-state index in [1.165, 1.54) is 19.3 Å². The monoisotopic (exact) mass is 707 g/mol. The number of amides is 1. The first-order valence-corrected chi connectivity index (χ1v) is 19.9. The van der Waals surface area contributed by atoms with Gasteiger partial charge in [0.2, 0.25) is 10.0 Å². The number of hydrogen-bond acceptors (Lipinski definition) is 7. The molecule has 1 saturated carbocycles. The molecule has 10 heteroatoms. The van der Waals surface area contributed by atoms with Crippen LogP contribution in [-0.2, 0) is 23.1 Å².